The molecule has 1 aliphatic heterocycles. The highest BCUT2D eigenvalue weighted by Crippen LogP contribution is 1.94. The topological polar surface area (TPSA) is 36.9 Å². The van der Waals surface area contributed by atoms with Crippen molar-refractivity contribution in [2.24, 2.45) is 4.99 Å². The Labute approximate surface area is 74.6 Å². The van der Waals surface area contributed by atoms with Crippen LogP contribution in [-0.2, 0) is 4.74 Å². The summed E-state index contributed by atoms with van der Waals surface area (Å²) in [6.45, 7) is 9.94. The molecule has 0 unspecified atom stereocenters. The maximum Gasteiger partial charge on any atom is 0.134 e. The third-order valence-electron chi connectivity index (χ3n) is 1.38. The molecule has 0 radical (unpaired) electrons. The van der Waals surface area contributed by atoms with E-state index in [1.165, 1.54) is 0 Å². The van der Waals surface area contributed by atoms with Gasteiger partial charge in [-0.1, -0.05) is 13.8 Å². The van der Waals surface area contributed by atoms with Crippen molar-refractivity contribution in [2.45, 2.75) is 27.7 Å². The van der Waals surface area contributed by atoms with Crippen LogP contribution < -0.4 is 5.43 Å². The van der Waals surface area contributed by atoms with Gasteiger partial charge in [0.25, 0.3) is 0 Å². The average molecular weight is 173 g/mol. The first-order chi connectivity index (χ1) is 5.84. The number of hydrogen-bond donors (Lipinski definition) is 1. The van der Waals surface area contributed by atoms with Gasteiger partial charge in [-0.3, -0.25) is 10.0 Å². The molecule has 1 rings (SSSR count). The number of hydrazine groups is 1. The smallest absolute Gasteiger partial charge is 0.134 e. The fourth-order valence-corrected chi connectivity index (χ4v) is 0.757. The van der Waals surface area contributed by atoms with E-state index in [-0.39, 0.29) is 0 Å². The van der Waals surface area contributed by atoms with Crippen LogP contribution in [0.1, 0.15) is 27.7 Å². The van der Waals surface area contributed by atoms with Gasteiger partial charge >= 0.3 is 0 Å². The molecular weight excluding hydrogens is 154 g/mol. The van der Waals surface area contributed by atoms with Crippen molar-refractivity contribution in [3.8, 4) is 0 Å². The Kier molecular flexibility index (Phi) is 6.70. The predicted molar refractivity (Wildman–Crippen MR) is 50.8 cm³/mol. The quantitative estimate of drug-likeness (QED) is 0.696. The Bertz CT molecular complexity index is 136. The lowest BCUT2D eigenvalue weighted by Gasteiger charge is -2.16. The zero-order chi connectivity index (χ0) is 9.40. The summed E-state index contributed by atoms with van der Waals surface area (Å²) in [5, 5.41) is 1.89. The van der Waals surface area contributed by atoms with E-state index in [0.29, 0.717) is 13.4 Å². The molecule has 1 aliphatic rings. The van der Waals surface area contributed by atoms with Crippen LogP contribution in [0, 0.1) is 0 Å². The minimum absolute atomic E-state index is 0.589. The minimum Gasteiger partial charge on any atom is -0.360 e. The molecule has 4 nitrogen and oxygen atoms in total. The first kappa shape index (κ1) is 11.4. The summed E-state index contributed by atoms with van der Waals surface area (Å²) in [4.78, 5) is 4.12. The fraction of sp³-hybridized carbons (Fsp3) is 0.875. The van der Waals surface area contributed by atoms with E-state index in [1.807, 2.05) is 32.7 Å². The number of rotatable bonds is 3. The molecule has 0 atom stereocenters. The highest BCUT2D eigenvalue weighted by molar-refractivity contribution is 5.80. The number of hydrogen-bond acceptors (Lipinski definition) is 4. The normalized spacial score (nSPS) is 15.3. The van der Waals surface area contributed by atoms with E-state index in [9.17, 15) is 0 Å². The highest BCUT2D eigenvalue weighted by Gasteiger charge is 2.09. The van der Waals surface area contributed by atoms with E-state index >= 15 is 0 Å². The average Bonchev–Trinajstić information content (AvgIpc) is 2.51. The van der Waals surface area contributed by atoms with Crippen molar-refractivity contribution in [1.82, 2.24) is 10.4 Å². The van der Waals surface area contributed by atoms with Gasteiger partial charge in [-0.05, 0) is 13.8 Å². The number of nitrogens with one attached hydrogen (secondary N) is 1. The van der Waals surface area contributed by atoms with Gasteiger partial charge in [-0.25, -0.2) is 5.43 Å². The summed E-state index contributed by atoms with van der Waals surface area (Å²) in [7, 11) is 0. The third-order valence-corrected chi connectivity index (χ3v) is 1.38. The maximum atomic E-state index is 5.17. The fourth-order valence-electron chi connectivity index (χ4n) is 0.757. The summed E-state index contributed by atoms with van der Waals surface area (Å²) in [6, 6.07) is 0. The zero-order valence-corrected chi connectivity index (χ0v) is 8.42. The first-order valence-electron chi connectivity index (χ1n) is 4.44. The third kappa shape index (κ3) is 3.69. The Morgan fingerprint density at radius 1 is 1.58 bits per heavy atom. The Morgan fingerprint density at radius 2 is 2.25 bits per heavy atom. The first-order valence-corrected chi connectivity index (χ1v) is 4.44. The van der Waals surface area contributed by atoms with Gasteiger partial charge in [-0.2, -0.15) is 0 Å². The monoisotopic (exact) mass is 173 g/mol. The lowest BCUT2D eigenvalue weighted by atomic mass is 10.7. The summed E-state index contributed by atoms with van der Waals surface area (Å²) in [5.74, 6) is 0.994. The second-order valence-electron chi connectivity index (χ2n) is 2.07. The predicted octanol–water partition coefficient (Wildman–Crippen LogP) is 1.20. The Balaban J connectivity index is 0.000000561. The van der Waals surface area contributed by atoms with Crippen LogP contribution in [0.5, 0.6) is 0 Å². The number of nitrogens with zero attached hydrogens (tertiary/aromatic N) is 2. The Hall–Kier alpha value is -0.610. The lowest BCUT2D eigenvalue weighted by molar-refractivity contribution is 0.0562. The molecule has 1 N–H and O–H groups in total. The van der Waals surface area contributed by atoms with Crippen LogP contribution in [0.25, 0.3) is 0 Å². The van der Waals surface area contributed by atoms with Crippen molar-refractivity contribution in [1.29, 1.82) is 0 Å². The minimum atomic E-state index is 0.589. The number of amidine groups is 1. The highest BCUT2D eigenvalue weighted by atomic mass is 16.5. The van der Waals surface area contributed by atoms with Crippen LogP contribution >= 0.6 is 0 Å². The van der Waals surface area contributed by atoms with E-state index in [1.54, 1.807) is 0 Å². The van der Waals surface area contributed by atoms with Crippen LogP contribution in [0.4, 0.5) is 0 Å². The second-order valence-corrected chi connectivity index (χ2v) is 2.07. The summed E-state index contributed by atoms with van der Waals surface area (Å²) >= 11 is 0. The molecule has 0 amide bonds. The van der Waals surface area contributed by atoms with Crippen LogP contribution in [0.3, 0.4) is 0 Å². The molecule has 72 valence electrons. The Morgan fingerprint density at radius 3 is 2.67 bits per heavy atom. The van der Waals surface area contributed by atoms with E-state index < -0.39 is 0 Å². The summed E-state index contributed by atoms with van der Waals surface area (Å²) in [6.07, 6.45) is 0. The number of ether oxygens (including phenoxy) is 1. The molecule has 0 saturated carbocycles. The van der Waals surface area contributed by atoms with Gasteiger partial charge < -0.3 is 4.74 Å². The van der Waals surface area contributed by atoms with Crippen molar-refractivity contribution >= 4 is 5.84 Å². The van der Waals surface area contributed by atoms with Crippen molar-refractivity contribution in [3.05, 3.63) is 0 Å². The molecule has 0 spiro atoms. The van der Waals surface area contributed by atoms with Gasteiger partial charge in [-0.15, -0.1) is 0 Å². The van der Waals surface area contributed by atoms with E-state index in [2.05, 4.69) is 10.4 Å². The molecule has 0 aromatic rings. The van der Waals surface area contributed by atoms with Crippen molar-refractivity contribution in [3.63, 3.8) is 0 Å². The largest absolute Gasteiger partial charge is 0.360 e. The number of aliphatic imine (C=N–C) groups is 1. The molecule has 0 fully saturated rings. The van der Waals surface area contributed by atoms with Crippen LogP contribution in [0.15, 0.2) is 4.99 Å². The molecule has 0 bridgehead atoms. The SMILES string of the molecule is CC.CCOCN1NCN=C1C. The molecule has 1 heterocycles. The van der Waals surface area contributed by atoms with Gasteiger partial charge in [0.15, 0.2) is 0 Å². The van der Waals surface area contributed by atoms with Crippen LogP contribution in [-0.4, -0.2) is 30.9 Å². The zero-order valence-electron chi connectivity index (χ0n) is 8.42. The molecule has 12 heavy (non-hydrogen) atoms. The van der Waals surface area contributed by atoms with E-state index in [0.717, 1.165) is 12.4 Å². The van der Waals surface area contributed by atoms with Gasteiger partial charge in [0, 0.05) is 6.61 Å². The summed E-state index contributed by atoms with van der Waals surface area (Å²) in [5.41, 5.74) is 3.05. The molecular formula is C8H19N3O. The molecule has 0 aliphatic carbocycles. The molecule has 0 aromatic carbocycles. The maximum absolute atomic E-state index is 5.17. The standard InChI is InChI=1S/C6H13N3O.C2H6/c1-3-10-5-9-6(2)7-4-8-9;1-2/h8H,3-5H2,1-2H3;1-2H3. The lowest BCUT2D eigenvalue weighted by Crippen LogP contribution is -2.37. The van der Waals surface area contributed by atoms with Gasteiger partial charge in [0.05, 0.1) is 0 Å². The van der Waals surface area contributed by atoms with Gasteiger partial charge in [0.1, 0.15) is 19.2 Å². The van der Waals surface area contributed by atoms with Crippen molar-refractivity contribution in [2.75, 3.05) is 20.0 Å². The molecule has 4 heteroatoms. The van der Waals surface area contributed by atoms with E-state index in [4.69, 9.17) is 4.74 Å². The second kappa shape index (κ2) is 7.06. The molecule has 0 aromatic heterocycles. The molecule has 0 saturated heterocycles. The van der Waals surface area contributed by atoms with Crippen molar-refractivity contribution < 1.29 is 4.74 Å². The summed E-state index contributed by atoms with van der Waals surface area (Å²) < 4.78 is 5.17. The van der Waals surface area contributed by atoms with Gasteiger partial charge in [0.2, 0.25) is 0 Å². The van der Waals surface area contributed by atoms with Crippen LogP contribution in [0.2, 0.25) is 0 Å².